The predicted octanol–water partition coefficient (Wildman–Crippen LogP) is 3.40. The molecule has 2 rings (SSSR count). The number of rotatable bonds is 3. The molecule has 0 fully saturated rings. The zero-order valence-corrected chi connectivity index (χ0v) is 10.1. The van der Waals surface area contributed by atoms with Gasteiger partial charge in [-0.05, 0) is 36.5 Å². The minimum absolute atomic E-state index is 0.113. The van der Waals surface area contributed by atoms with Crippen molar-refractivity contribution in [2.75, 3.05) is 0 Å². The zero-order chi connectivity index (χ0) is 12.4. The molecule has 17 heavy (non-hydrogen) atoms. The van der Waals surface area contributed by atoms with E-state index in [0.29, 0.717) is 11.5 Å². The lowest BCUT2D eigenvalue weighted by Gasteiger charge is -2.14. The third-order valence-electron chi connectivity index (χ3n) is 3.19. The summed E-state index contributed by atoms with van der Waals surface area (Å²) in [6, 6.07) is 6.48. The Morgan fingerprint density at radius 3 is 2.59 bits per heavy atom. The first-order valence-electron chi connectivity index (χ1n) is 5.92. The molecule has 90 valence electrons. The van der Waals surface area contributed by atoms with E-state index in [1.165, 1.54) is 6.07 Å². The molecule has 3 nitrogen and oxygen atoms in total. The van der Waals surface area contributed by atoms with E-state index < -0.39 is 0 Å². The van der Waals surface area contributed by atoms with Crippen LogP contribution in [-0.4, -0.2) is 5.11 Å². The molecule has 0 saturated carbocycles. The molecule has 0 aliphatic carbocycles. The van der Waals surface area contributed by atoms with Crippen molar-refractivity contribution in [2.24, 2.45) is 0 Å². The Labute approximate surface area is 99.7 Å². The average Bonchev–Trinajstić information content (AvgIpc) is 2.29. The van der Waals surface area contributed by atoms with Crippen LogP contribution >= 0.6 is 0 Å². The molecule has 0 aliphatic rings. The molecule has 0 radical (unpaired) electrons. The maximum atomic E-state index is 11.5. The Morgan fingerprint density at radius 2 is 1.94 bits per heavy atom. The second-order valence-corrected chi connectivity index (χ2v) is 4.21. The monoisotopic (exact) mass is 232 g/mol. The first-order chi connectivity index (χ1) is 8.15. The Hall–Kier alpha value is -1.77. The summed E-state index contributed by atoms with van der Waals surface area (Å²) in [6.45, 7) is 4.21. The summed E-state index contributed by atoms with van der Waals surface area (Å²) < 4.78 is 5.11. The van der Waals surface area contributed by atoms with Crippen LogP contribution in [0.25, 0.3) is 11.0 Å². The van der Waals surface area contributed by atoms with Gasteiger partial charge in [-0.25, -0.2) is 4.79 Å². The molecule has 0 saturated heterocycles. The van der Waals surface area contributed by atoms with Gasteiger partial charge in [-0.1, -0.05) is 13.8 Å². The molecule has 1 aromatic carbocycles. The van der Waals surface area contributed by atoms with Gasteiger partial charge >= 0.3 is 5.63 Å². The fourth-order valence-electron chi connectivity index (χ4n) is 2.24. The number of hydrogen-bond donors (Lipinski definition) is 1. The highest BCUT2D eigenvalue weighted by molar-refractivity contribution is 5.82. The lowest BCUT2D eigenvalue weighted by Crippen LogP contribution is -2.04. The number of phenols is 1. The Bertz CT molecular complexity index is 580. The molecule has 0 spiro atoms. The first-order valence-corrected chi connectivity index (χ1v) is 5.92. The van der Waals surface area contributed by atoms with Crippen LogP contribution in [0, 0.1) is 0 Å². The summed E-state index contributed by atoms with van der Waals surface area (Å²) in [7, 11) is 0. The van der Waals surface area contributed by atoms with Crippen LogP contribution in [0.3, 0.4) is 0 Å². The van der Waals surface area contributed by atoms with Crippen molar-refractivity contribution < 1.29 is 9.52 Å². The SMILES string of the molecule is CCC(CC)c1cc(=O)oc2cc(O)ccc12. The summed E-state index contributed by atoms with van der Waals surface area (Å²) in [6.07, 6.45) is 1.96. The lowest BCUT2D eigenvalue weighted by atomic mass is 9.92. The molecule has 0 unspecified atom stereocenters. The van der Waals surface area contributed by atoms with E-state index in [1.54, 1.807) is 18.2 Å². The van der Waals surface area contributed by atoms with Crippen molar-refractivity contribution in [2.45, 2.75) is 32.6 Å². The number of benzene rings is 1. The fourth-order valence-corrected chi connectivity index (χ4v) is 2.24. The molecule has 3 heteroatoms. The molecule has 0 amide bonds. The van der Waals surface area contributed by atoms with E-state index in [-0.39, 0.29) is 11.4 Å². The summed E-state index contributed by atoms with van der Waals surface area (Å²) in [5, 5.41) is 10.3. The number of hydrogen-bond acceptors (Lipinski definition) is 3. The van der Waals surface area contributed by atoms with E-state index in [4.69, 9.17) is 4.42 Å². The van der Waals surface area contributed by atoms with Crippen LogP contribution in [0.4, 0.5) is 0 Å². The van der Waals surface area contributed by atoms with Crippen molar-refractivity contribution in [3.8, 4) is 5.75 Å². The van der Waals surface area contributed by atoms with Crippen LogP contribution in [0.2, 0.25) is 0 Å². The normalized spacial score (nSPS) is 11.2. The predicted molar refractivity (Wildman–Crippen MR) is 67.5 cm³/mol. The fraction of sp³-hybridized carbons (Fsp3) is 0.357. The standard InChI is InChI=1S/C14H16O3/c1-3-9(4-2)12-8-14(16)17-13-7-10(15)5-6-11(12)13/h5-9,15H,3-4H2,1-2H3. The summed E-state index contributed by atoms with van der Waals surface area (Å²) in [5.41, 5.74) is 1.12. The second-order valence-electron chi connectivity index (χ2n) is 4.21. The van der Waals surface area contributed by atoms with Gasteiger partial charge in [0.2, 0.25) is 0 Å². The van der Waals surface area contributed by atoms with Gasteiger partial charge in [-0.3, -0.25) is 0 Å². The molecule has 1 heterocycles. The Morgan fingerprint density at radius 1 is 1.24 bits per heavy atom. The Kier molecular flexibility index (Phi) is 3.18. The molecule has 1 aromatic heterocycles. The maximum absolute atomic E-state index is 11.5. The first kappa shape index (κ1) is 11.7. The highest BCUT2D eigenvalue weighted by atomic mass is 16.4. The van der Waals surface area contributed by atoms with Gasteiger partial charge in [-0.15, -0.1) is 0 Å². The Balaban J connectivity index is 2.73. The third-order valence-corrected chi connectivity index (χ3v) is 3.19. The van der Waals surface area contributed by atoms with Gasteiger partial charge in [0.1, 0.15) is 11.3 Å². The van der Waals surface area contributed by atoms with Crippen LogP contribution in [-0.2, 0) is 0 Å². The topological polar surface area (TPSA) is 50.4 Å². The molecule has 1 N–H and O–H groups in total. The minimum Gasteiger partial charge on any atom is -0.508 e. The summed E-state index contributed by atoms with van der Waals surface area (Å²) in [4.78, 5) is 11.5. The van der Waals surface area contributed by atoms with Gasteiger partial charge in [0.05, 0.1) is 0 Å². The van der Waals surface area contributed by atoms with Crippen molar-refractivity contribution >= 4 is 11.0 Å². The zero-order valence-electron chi connectivity index (χ0n) is 10.1. The number of fused-ring (bicyclic) bond motifs is 1. The molecular weight excluding hydrogens is 216 g/mol. The van der Waals surface area contributed by atoms with Crippen LogP contribution < -0.4 is 5.63 Å². The van der Waals surface area contributed by atoms with Gasteiger partial charge in [0, 0.05) is 17.5 Å². The molecule has 2 aromatic rings. The largest absolute Gasteiger partial charge is 0.508 e. The summed E-state index contributed by atoms with van der Waals surface area (Å²) >= 11 is 0. The van der Waals surface area contributed by atoms with Gasteiger partial charge in [0.15, 0.2) is 0 Å². The summed E-state index contributed by atoms with van der Waals surface area (Å²) in [5.74, 6) is 0.466. The highest BCUT2D eigenvalue weighted by Gasteiger charge is 2.13. The molecule has 0 atom stereocenters. The maximum Gasteiger partial charge on any atom is 0.336 e. The van der Waals surface area contributed by atoms with Gasteiger partial charge < -0.3 is 9.52 Å². The minimum atomic E-state index is -0.356. The van der Waals surface area contributed by atoms with E-state index in [2.05, 4.69) is 13.8 Å². The third kappa shape index (κ3) is 2.18. The van der Waals surface area contributed by atoms with E-state index >= 15 is 0 Å². The number of aromatic hydroxyl groups is 1. The van der Waals surface area contributed by atoms with Gasteiger partial charge in [0.25, 0.3) is 0 Å². The second kappa shape index (κ2) is 4.62. The van der Waals surface area contributed by atoms with Crippen molar-refractivity contribution in [3.63, 3.8) is 0 Å². The lowest BCUT2D eigenvalue weighted by molar-refractivity contribution is 0.473. The van der Waals surface area contributed by atoms with Crippen LogP contribution in [0.5, 0.6) is 5.75 Å². The molecule has 0 bridgehead atoms. The average molecular weight is 232 g/mol. The highest BCUT2D eigenvalue weighted by Crippen LogP contribution is 2.30. The van der Waals surface area contributed by atoms with Crippen LogP contribution in [0.1, 0.15) is 38.2 Å². The number of phenolic OH excluding ortho intramolecular Hbond substituents is 1. The van der Waals surface area contributed by atoms with E-state index in [9.17, 15) is 9.90 Å². The van der Waals surface area contributed by atoms with E-state index in [0.717, 1.165) is 23.8 Å². The van der Waals surface area contributed by atoms with Crippen molar-refractivity contribution in [1.29, 1.82) is 0 Å². The van der Waals surface area contributed by atoms with Crippen molar-refractivity contribution in [1.82, 2.24) is 0 Å². The van der Waals surface area contributed by atoms with Crippen molar-refractivity contribution in [3.05, 3.63) is 40.2 Å². The quantitative estimate of drug-likeness (QED) is 0.825. The van der Waals surface area contributed by atoms with E-state index in [1.807, 2.05) is 0 Å². The molecular formula is C14H16O3. The smallest absolute Gasteiger partial charge is 0.336 e. The molecule has 0 aliphatic heterocycles. The van der Waals surface area contributed by atoms with Crippen LogP contribution in [0.15, 0.2) is 33.5 Å². The van der Waals surface area contributed by atoms with Gasteiger partial charge in [-0.2, -0.15) is 0 Å².